The van der Waals surface area contributed by atoms with E-state index >= 15 is 0 Å². The first-order valence-corrected chi connectivity index (χ1v) is 8.74. The Morgan fingerprint density at radius 1 is 1.08 bits per heavy atom. The molecule has 2 aliphatic heterocycles. The first kappa shape index (κ1) is 17.8. The monoisotopic (exact) mass is 337 g/mol. The zero-order valence-corrected chi connectivity index (χ0v) is 14.2. The molecule has 2 heterocycles. The van der Waals surface area contributed by atoms with Gasteiger partial charge >= 0.3 is 5.97 Å². The van der Waals surface area contributed by atoms with Crippen LogP contribution in [0.1, 0.15) is 43.2 Å². The molecular weight excluding hydrogens is 310 g/mol. The van der Waals surface area contributed by atoms with Crippen LogP contribution in [0, 0.1) is 6.92 Å². The van der Waals surface area contributed by atoms with Gasteiger partial charge in [0.1, 0.15) is 0 Å². The SMILES string of the molecule is Cc1ccc(C2(O)CC(O)(OCCCN3CCCCC3)OO2)cc1. The summed E-state index contributed by atoms with van der Waals surface area (Å²) >= 11 is 0. The third kappa shape index (κ3) is 4.33. The summed E-state index contributed by atoms with van der Waals surface area (Å²) in [5.74, 6) is -3.61. The van der Waals surface area contributed by atoms with E-state index in [-0.39, 0.29) is 6.42 Å². The topological polar surface area (TPSA) is 71.4 Å². The number of likely N-dealkylation sites (tertiary alicyclic amines) is 1. The molecule has 24 heavy (non-hydrogen) atoms. The van der Waals surface area contributed by atoms with Gasteiger partial charge in [0.2, 0.25) is 5.79 Å². The predicted octanol–water partition coefficient (Wildman–Crippen LogP) is 2.03. The molecule has 2 fully saturated rings. The van der Waals surface area contributed by atoms with Gasteiger partial charge in [0.25, 0.3) is 0 Å². The van der Waals surface area contributed by atoms with Gasteiger partial charge in [-0.3, -0.25) is 0 Å². The number of benzene rings is 1. The highest BCUT2D eigenvalue weighted by molar-refractivity contribution is 5.25. The van der Waals surface area contributed by atoms with Crippen molar-refractivity contribution in [3.63, 3.8) is 0 Å². The number of nitrogens with zero attached hydrogens (tertiary/aromatic N) is 1. The van der Waals surface area contributed by atoms with Crippen molar-refractivity contribution in [2.45, 2.75) is 50.8 Å². The smallest absolute Gasteiger partial charge is 0.315 e. The fraction of sp³-hybridized carbons (Fsp3) is 0.667. The molecule has 1 aromatic carbocycles. The van der Waals surface area contributed by atoms with E-state index in [9.17, 15) is 10.2 Å². The highest BCUT2D eigenvalue weighted by atomic mass is 17.3. The minimum Gasteiger partial charge on any atom is -0.359 e. The summed E-state index contributed by atoms with van der Waals surface area (Å²) in [4.78, 5) is 12.3. The number of hydrogen-bond acceptors (Lipinski definition) is 6. The maximum absolute atomic E-state index is 10.6. The lowest BCUT2D eigenvalue weighted by atomic mass is 10.0. The summed E-state index contributed by atoms with van der Waals surface area (Å²) < 4.78 is 5.44. The minimum absolute atomic E-state index is 0.188. The molecule has 2 N–H and O–H groups in total. The fourth-order valence-electron chi connectivity index (χ4n) is 3.24. The Kier molecular flexibility index (Phi) is 5.54. The van der Waals surface area contributed by atoms with Gasteiger partial charge in [-0.2, -0.15) is 9.78 Å². The average Bonchev–Trinajstić information content (AvgIpc) is 2.90. The van der Waals surface area contributed by atoms with Crippen LogP contribution in [-0.4, -0.2) is 47.3 Å². The van der Waals surface area contributed by atoms with Gasteiger partial charge in [-0.1, -0.05) is 36.2 Å². The first-order chi connectivity index (χ1) is 11.5. The molecule has 0 bridgehead atoms. The van der Waals surface area contributed by atoms with Gasteiger partial charge in [0.15, 0.2) is 0 Å². The molecule has 134 valence electrons. The zero-order valence-electron chi connectivity index (χ0n) is 14.2. The van der Waals surface area contributed by atoms with Crippen molar-refractivity contribution in [1.29, 1.82) is 0 Å². The molecule has 0 amide bonds. The summed E-state index contributed by atoms with van der Waals surface area (Å²) in [5, 5.41) is 20.9. The van der Waals surface area contributed by atoms with Crippen LogP contribution in [0.15, 0.2) is 24.3 Å². The summed E-state index contributed by atoms with van der Waals surface area (Å²) in [7, 11) is 0. The lowest BCUT2D eigenvalue weighted by Crippen LogP contribution is -2.35. The molecule has 2 atom stereocenters. The maximum atomic E-state index is 10.6. The summed E-state index contributed by atoms with van der Waals surface area (Å²) in [6.07, 6.45) is 4.44. The quantitative estimate of drug-likeness (QED) is 0.470. The van der Waals surface area contributed by atoms with Crippen LogP contribution in [0.25, 0.3) is 0 Å². The van der Waals surface area contributed by atoms with E-state index < -0.39 is 11.8 Å². The van der Waals surface area contributed by atoms with Crippen LogP contribution in [0.4, 0.5) is 0 Å². The van der Waals surface area contributed by atoms with Gasteiger partial charge in [0, 0.05) is 12.1 Å². The van der Waals surface area contributed by atoms with E-state index in [1.807, 2.05) is 19.1 Å². The lowest BCUT2D eigenvalue weighted by Gasteiger charge is -2.27. The van der Waals surface area contributed by atoms with Crippen LogP contribution in [0.5, 0.6) is 0 Å². The number of aliphatic hydroxyl groups is 2. The third-order valence-electron chi connectivity index (χ3n) is 4.67. The normalized spacial score (nSPS) is 31.5. The molecule has 2 aliphatic rings. The van der Waals surface area contributed by atoms with Crippen LogP contribution in [0.2, 0.25) is 0 Å². The van der Waals surface area contributed by atoms with Crippen LogP contribution >= 0.6 is 0 Å². The number of aryl methyl sites for hydroxylation is 1. The van der Waals surface area contributed by atoms with E-state index in [0.717, 1.165) is 31.6 Å². The first-order valence-electron chi connectivity index (χ1n) is 8.74. The molecule has 3 rings (SSSR count). The maximum Gasteiger partial charge on any atom is 0.315 e. The molecule has 6 nitrogen and oxygen atoms in total. The van der Waals surface area contributed by atoms with E-state index in [1.54, 1.807) is 12.1 Å². The van der Waals surface area contributed by atoms with E-state index in [2.05, 4.69) is 4.90 Å². The minimum atomic E-state index is -1.92. The molecule has 0 aliphatic carbocycles. The number of hydrogen-bond donors (Lipinski definition) is 2. The number of piperidine rings is 1. The average molecular weight is 337 g/mol. The van der Waals surface area contributed by atoms with E-state index in [1.165, 1.54) is 19.3 Å². The van der Waals surface area contributed by atoms with Crippen molar-refractivity contribution >= 4 is 0 Å². The van der Waals surface area contributed by atoms with E-state index in [4.69, 9.17) is 14.5 Å². The second-order valence-electron chi connectivity index (χ2n) is 6.81. The van der Waals surface area contributed by atoms with Gasteiger partial charge in [-0.15, -0.1) is 0 Å². The molecule has 0 aromatic heterocycles. The van der Waals surface area contributed by atoms with Crippen molar-refractivity contribution in [2.75, 3.05) is 26.2 Å². The summed E-state index contributed by atoms with van der Waals surface area (Å²) in [5.41, 5.74) is 1.60. The molecule has 0 saturated carbocycles. The van der Waals surface area contributed by atoms with Gasteiger partial charge in [-0.05, 0) is 39.3 Å². The van der Waals surface area contributed by atoms with Crippen molar-refractivity contribution in [3.8, 4) is 0 Å². The second kappa shape index (κ2) is 7.47. The summed E-state index contributed by atoms with van der Waals surface area (Å²) in [6.45, 7) is 5.52. The highest BCUT2D eigenvalue weighted by Gasteiger charge is 2.52. The number of rotatable bonds is 6. The Hall–Kier alpha value is -1.02. The second-order valence-corrected chi connectivity index (χ2v) is 6.81. The zero-order chi connectivity index (χ0) is 17.0. The molecule has 6 heteroatoms. The Balaban J connectivity index is 1.47. The third-order valence-corrected chi connectivity index (χ3v) is 4.67. The van der Waals surface area contributed by atoms with Crippen LogP contribution < -0.4 is 0 Å². The molecular formula is C18H27NO5. The molecule has 0 radical (unpaired) electrons. The lowest BCUT2D eigenvalue weighted by molar-refractivity contribution is -0.480. The van der Waals surface area contributed by atoms with Crippen molar-refractivity contribution in [3.05, 3.63) is 35.4 Å². The van der Waals surface area contributed by atoms with Crippen molar-refractivity contribution in [1.82, 2.24) is 4.90 Å². The largest absolute Gasteiger partial charge is 0.359 e. The van der Waals surface area contributed by atoms with Gasteiger partial charge in [-0.25, -0.2) is 0 Å². The highest BCUT2D eigenvalue weighted by Crippen LogP contribution is 2.40. The van der Waals surface area contributed by atoms with Crippen molar-refractivity contribution < 1.29 is 24.7 Å². The number of ether oxygens (including phenoxy) is 1. The Morgan fingerprint density at radius 3 is 2.50 bits per heavy atom. The summed E-state index contributed by atoms with van der Waals surface area (Å²) in [6, 6.07) is 7.24. The van der Waals surface area contributed by atoms with Gasteiger partial charge in [0.05, 0.1) is 13.0 Å². The Morgan fingerprint density at radius 2 is 1.79 bits per heavy atom. The standard InChI is InChI=1S/C18H27NO5/c1-15-6-8-16(9-7-15)17(20)14-18(21,24-23-17)22-13-5-12-19-10-3-2-4-11-19/h6-9,20-21H,2-5,10-14H2,1H3. The van der Waals surface area contributed by atoms with Crippen LogP contribution in [-0.2, 0) is 20.3 Å². The van der Waals surface area contributed by atoms with Crippen molar-refractivity contribution in [2.24, 2.45) is 0 Å². The van der Waals surface area contributed by atoms with Crippen LogP contribution in [0.3, 0.4) is 0 Å². The Labute approximate surface area is 142 Å². The van der Waals surface area contributed by atoms with E-state index in [0.29, 0.717) is 12.2 Å². The predicted molar refractivity (Wildman–Crippen MR) is 87.7 cm³/mol. The molecule has 2 unspecified atom stereocenters. The molecule has 0 spiro atoms. The molecule has 1 aromatic rings. The fourth-order valence-corrected chi connectivity index (χ4v) is 3.24. The molecule has 2 saturated heterocycles. The Bertz CT molecular complexity index is 531. The van der Waals surface area contributed by atoms with Gasteiger partial charge < -0.3 is 19.8 Å².